The van der Waals surface area contributed by atoms with E-state index in [0.717, 1.165) is 5.56 Å². The van der Waals surface area contributed by atoms with Crippen molar-refractivity contribution in [1.29, 1.82) is 5.26 Å². The van der Waals surface area contributed by atoms with E-state index in [1.54, 1.807) is 19.2 Å². The van der Waals surface area contributed by atoms with Crippen LogP contribution in [0.4, 0.5) is 0 Å². The summed E-state index contributed by atoms with van der Waals surface area (Å²) < 4.78 is 0. The van der Waals surface area contributed by atoms with Crippen molar-refractivity contribution >= 4 is 16.9 Å². The molecular formula is C12H10N2OS. The molecule has 3 nitrogen and oxygen atoms in total. The highest BCUT2D eigenvalue weighted by Crippen LogP contribution is 2.03. The maximum absolute atomic E-state index is 10.6. The largest absolute Gasteiger partial charge is 0.288 e. The van der Waals surface area contributed by atoms with E-state index in [2.05, 4.69) is 16.8 Å². The molecule has 0 atom stereocenters. The highest BCUT2D eigenvalue weighted by atomic mass is 32.2. The molecule has 4 heteroatoms. The minimum Gasteiger partial charge on any atom is -0.288 e. The maximum atomic E-state index is 10.6. The quantitative estimate of drug-likeness (QED) is 0.576. The summed E-state index contributed by atoms with van der Waals surface area (Å²) in [5.41, 5.74) is 1.23. The van der Waals surface area contributed by atoms with Crippen molar-refractivity contribution in [2.24, 2.45) is 0 Å². The fourth-order valence-electron chi connectivity index (χ4n) is 0.980. The van der Waals surface area contributed by atoms with E-state index < -0.39 is 0 Å². The van der Waals surface area contributed by atoms with E-state index in [1.807, 2.05) is 6.07 Å². The average molecular weight is 230 g/mol. The Hall–Kier alpha value is -1.78. The van der Waals surface area contributed by atoms with Gasteiger partial charge in [-0.25, -0.2) is 0 Å². The van der Waals surface area contributed by atoms with Gasteiger partial charge in [0.25, 0.3) is 0 Å². The summed E-state index contributed by atoms with van der Waals surface area (Å²) in [5, 5.41) is 8.76. The Morgan fingerprint density at radius 1 is 1.50 bits per heavy atom. The van der Waals surface area contributed by atoms with E-state index >= 15 is 0 Å². The first-order valence-corrected chi connectivity index (χ1v) is 5.68. The van der Waals surface area contributed by atoms with Gasteiger partial charge in [0, 0.05) is 37.1 Å². The second-order valence-corrected chi connectivity index (χ2v) is 4.24. The molecule has 1 rings (SSSR count). The van der Waals surface area contributed by atoms with Crippen molar-refractivity contribution in [2.75, 3.05) is 5.75 Å². The van der Waals surface area contributed by atoms with Gasteiger partial charge in [0.05, 0.1) is 5.56 Å². The van der Waals surface area contributed by atoms with Crippen LogP contribution in [0.2, 0.25) is 0 Å². The third kappa shape index (κ3) is 4.63. The number of nitriles is 1. The monoisotopic (exact) mass is 230 g/mol. The predicted octanol–water partition coefficient (Wildman–Crippen LogP) is 1.97. The number of nitrogens with zero attached hydrogens (tertiary/aromatic N) is 2. The normalized spacial score (nSPS) is 8.75. The summed E-state index contributed by atoms with van der Waals surface area (Å²) >= 11 is 1.26. The standard InChI is InChI=1S/C12H10N2OS/c1-10(15)16-5-3-2-4-11-6-12(7-13)9-14-8-11/h6,8-9H,3,5H2,1H3. The third-order valence-electron chi connectivity index (χ3n) is 1.63. The van der Waals surface area contributed by atoms with Crippen molar-refractivity contribution < 1.29 is 4.79 Å². The summed E-state index contributed by atoms with van der Waals surface area (Å²) in [4.78, 5) is 14.5. The van der Waals surface area contributed by atoms with Crippen molar-refractivity contribution in [1.82, 2.24) is 4.98 Å². The molecule has 0 saturated carbocycles. The SMILES string of the molecule is CC(=O)SCCC#Cc1cncc(C#N)c1. The molecule has 0 aliphatic heterocycles. The molecule has 0 aliphatic rings. The molecule has 0 aromatic carbocycles. The molecule has 0 bridgehead atoms. The van der Waals surface area contributed by atoms with Crippen molar-refractivity contribution in [2.45, 2.75) is 13.3 Å². The van der Waals surface area contributed by atoms with E-state index in [0.29, 0.717) is 17.7 Å². The van der Waals surface area contributed by atoms with Gasteiger partial charge in [-0.1, -0.05) is 23.6 Å². The van der Waals surface area contributed by atoms with Crippen LogP contribution >= 0.6 is 11.8 Å². The van der Waals surface area contributed by atoms with Gasteiger partial charge in [-0.2, -0.15) is 5.26 Å². The predicted molar refractivity (Wildman–Crippen MR) is 63.6 cm³/mol. The molecule has 0 radical (unpaired) electrons. The molecule has 0 aliphatic carbocycles. The van der Waals surface area contributed by atoms with Gasteiger partial charge in [0.2, 0.25) is 0 Å². The lowest BCUT2D eigenvalue weighted by molar-refractivity contribution is -0.109. The van der Waals surface area contributed by atoms with Crippen LogP contribution in [0.25, 0.3) is 0 Å². The Labute approximate surface area is 98.9 Å². The fourth-order valence-corrected chi connectivity index (χ4v) is 1.47. The van der Waals surface area contributed by atoms with E-state index in [9.17, 15) is 4.79 Å². The summed E-state index contributed by atoms with van der Waals surface area (Å²) in [5.74, 6) is 6.54. The minimum absolute atomic E-state index is 0.106. The summed E-state index contributed by atoms with van der Waals surface area (Å²) in [6.45, 7) is 1.54. The van der Waals surface area contributed by atoms with Crippen LogP contribution in [0.3, 0.4) is 0 Å². The lowest BCUT2D eigenvalue weighted by Crippen LogP contribution is -1.85. The minimum atomic E-state index is 0.106. The maximum Gasteiger partial charge on any atom is 0.185 e. The Bertz CT molecular complexity index is 480. The van der Waals surface area contributed by atoms with Crippen molar-refractivity contribution in [3.63, 3.8) is 0 Å². The number of carbonyl (C=O) groups excluding carboxylic acids is 1. The van der Waals surface area contributed by atoms with Crippen molar-refractivity contribution in [3.05, 3.63) is 29.6 Å². The Morgan fingerprint density at radius 3 is 2.94 bits per heavy atom. The zero-order valence-electron chi connectivity index (χ0n) is 8.86. The number of hydrogen-bond donors (Lipinski definition) is 0. The second-order valence-electron chi connectivity index (χ2n) is 2.97. The second kappa shape index (κ2) is 6.66. The number of thioether (sulfide) groups is 1. The molecule has 1 aromatic rings. The Balaban J connectivity index is 2.50. The van der Waals surface area contributed by atoms with E-state index in [1.165, 1.54) is 18.0 Å². The molecule has 80 valence electrons. The van der Waals surface area contributed by atoms with Crippen LogP contribution in [-0.4, -0.2) is 15.9 Å². The molecule has 0 saturated heterocycles. The highest BCUT2D eigenvalue weighted by molar-refractivity contribution is 8.13. The molecule has 0 fully saturated rings. The zero-order chi connectivity index (χ0) is 11.8. The Kier molecular flexibility index (Phi) is 5.11. The first-order chi connectivity index (χ1) is 7.72. The van der Waals surface area contributed by atoms with Crippen LogP contribution in [-0.2, 0) is 4.79 Å². The van der Waals surface area contributed by atoms with Crippen LogP contribution in [0.1, 0.15) is 24.5 Å². The van der Waals surface area contributed by atoms with Gasteiger partial charge in [-0.15, -0.1) is 0 Å². The van der Waals surface area contributed by atoms with Gasteiger partial charge in [0.15, 0.2) is 5.12 Å². The number of pyridine rings is 1. The fraction of sp³-hybridized carbons (Fsp3) is 0.250. The van der Waals surface area contributed by atoms with Gasteiger partial charge < -0.3 is 0 Å². The lowest BCUT2D eigenvalue weighted by atomic mass is 10.2. The third-order valence-corrected chi connectivity index (χ3v) is 2.45. The Morgan fingerprint density at radius 2 is 2.25 bits per heavy atom. The number of carbonyl (C=O) groups is 1. The van der Waals surface area contributed by atoms with Gasteiger partial charge in [-0.3, -0.25) is 9.78 Å². The van der Waals surface area contributed by atoms with Crippen LogP contribution in [0.15, 0.2) is 18.5 Å². The molecule has 1 heterocycles. The molecule has 0 unspecified atom stereocenters. The summed E-state index contributed by atoms with van der Waals surface area (Å²) in [7, 11) is 0. The van der Waals surface area contributed by atoms with Crippen LogP contribution < -0.4 is 0 Å². The lowest BCUT2D eigenvalue weighted by Gasteiger charge is -1.90. The smallest absolute Gasteiger partial charge is 0.185 e. The van der Waals surface area contributed by atoms with Gasteiger partial charge in [0.1, 0.15) is 6.07 Å². The molecular weight excluding hydrogens is 220 g/mol. The van der Waals surface area contributed by atoms with Gasteiger partial charge >= 0.3 is 0 Å². The molecule has 1 aromatic heterocycles. The van der Waals surface area contributed by atoms with E-state index in [4.69, 9.17) is 5.26 Å². The molecule has 16 heavy (non-hydrogen) atoms. The first-order valence-electron chi connectivity index (χ1n) is 4.70. The number of aromatic nitrogens is 1. The zero-order valence-corrected chi connectivity index (χ0v) is 9.67. The number of hydrogen-bond acceptors (Lipinski definition) is 4. The van der Waals surface area contributed by atoms with Crippen LogP contribution in [0.5, 0.6) is 0 Å². The number of rotatable bonds is 2. The summed E-state index contributed by atoms with van der Waals surface area (Å²) in [6, 6.07) is 3.70. The molecule has 0 amide bonds. The van der Waals surface area contributed by atoms with Crippen molar-refractivity contribution in [3.8, 4) is 17.9 Å². The topological polar surface area (TPSA) is 53.8 Å². The molecule has 0 spiro atoms. The van der Waals surface area contributed by atoms with E-state index in [-0.39, 0.29) is 5.12 Å². The van der Waals surface area contributed by atoms with Gasteiger partial charge in [-0.05, 0) is 6.07 Å². The average Bonchev–Trinajstić information content (AvgIpc) is 2.28. The highest BCUT2D eigenvalue weighted by Gasteiger charge is 1.92. The molecule has 0 N–H and O–H groups in total. The van der Waals surface area contributed by atoms with Crippen LogP contribution in [0, 0.1) is 23.2 Å². The summed E-state index contributed by atoms with van der Waals surface area (Å²) in [6.07, 6.45) is 3.77. The first kappa shape index (κ1) is 12.3.